The summed E-state index contributed by atoms with van der Waals surface area (Å²) in [5.41, 5.74) is 0.337. The van der Waals surface area contributed by atoms with Crippen molar-refractivity contribution in [1.29, 1.82) is 0 Å². The van der Waals surface area contributed by atoms with Gasteiger partial charge in [-0.2, -0.15) is 4.98 Å². The van der Waals surface area contributed by atoms with Gasteiger partial charge in [-0.05, 0) is 36.4 Å². The molecule has 128 valence electrons. The molecular formula is C16H9Cl2F3N4. The van der Waals surface area contributed by atoms with Gasteiger partial charge in [0.1, 0.15) is 5.82 Å². The molecule has 25 heavy (non-hydrogen) atoms. The smallest absolute Gasteiger partial charge is 0.229 e. The predicted molar refractivity (Wildman–Crippen MR) is 91.4 cm³/mol. The first-order valence-corrected chi connectivity index (χ1v) is 7.65. The van der Waals surface area contributed by atoms with Gasteiger partial charge >= 0.3 is 0 Å². The highest BCUT2D eigenvalue weighted by Gasteiger charge is 2.14. The van der Waals surface area contributed by atoms with E-state index in [4.69, 9.17) is 23.2 Å². The van der Waals surface area contributed by atoms with Gasteiger partial charge in [0.05, 0.1) is 15.7 Å². The van der Waals surface area contributed by atoms with Gasteiger partial charge in [-0.1, -0.05) is 23.2 Å². The maximum Gasteiger partial charge on any atom is 0.229 e. The van der Waals surface area contributed by atoms with Gasteiger partial charge in [-0.15, -0.1) is 0 Å². The molecule has 0 atom stereocenters. The molecule has 3 aromatic rings. The Morgan fingerprint density at radius 1 is 0.840 bits per heavy atom. The molecule has 0 fully saturated rings. The van der Waals surface area contributed by atoms with Crippen molar-refractivity contribution in [3.05, 3.63) is 70.1 Å². The van der Waals surface area contributed by atoms with Gasteiger partial charge < -0.3 is 10.6 Å². The fourth-order valence-electron chi connectivity index (χ4n) is 1.95. The molecule has 0 aliphatic carbocycles. The Morgan fingerprint density at radius 2 is 1.64 bits per heavy atom. The van der Waals surface area contributed by atoms with E-state index in [0.717, 1.165) is 12.1 Å². The highest BCUT2D eigenvalue weighted by molar-refractivity contribution is 6.42. The van der Waals surface area contributed by atoms with Crippen molar-refractivity contribution < 1.29 is 13.2 Å². The van der Waals surface area contributed by atoms with E-state index in [1.54, 1.807) is 18.2 Å². The zero-order valence-corrected chi connectivity index (χ0v) is 13.8. The number of hydrogen-bond acceptors (Lipinski definition) is 4. The molecular weight excluding hydrogens is 376 g/mol. The Labute approximate surface area is 150 Å². The Bertz CT molecular complexity index is 937. The number of benzene rings is 2. The van der Waals surface area contributed by atoms with Crippen molar-refractivity contribution in [2.45, 2.75) is 0 Å². The van der Waals surface area contributed by atoms with E-state index in [-0.39, 0.29) is 17.5 Å². The van der Waals surface area contributed by atoms with Crippen LogP contribution in [0.4, 0.5) is 36.3 Å². The van der Waals surface area contributed by atoms with E-state index in [9.17, 15) is 13.2 Å². The first-order chi connectivity index (χ1) is 11.9. The molecule has 0 spiro atoms. The summed E-state index contributed by atoms with van der Waals surface area (Å²) in [5.74, 6) is -3.80. The van der Waals surface area contributed by atoms with Crippen molar-refractivity contribution in [2.24, 2.45) is 0 Å². The quantitative estimate of drug-likeness (QED) is 0.567. The van der Waals surface area contributed by atoms with Gasteiger partial charge in [-0.3, -0.25) is 0 Å². The topological polar surface area (TPSA) is 49.8 Å². The van der Waals surface area contributed by atoms with Crippen molar-refractivity contribution in [2.75, 3.05) is 10.6 Å². The van der Waals surface area contributed by atoms with Crippen LogP contribution in [0.5, 0.6) is 0 Å². The minimum absolute atomic E-state index is 0.183. The summed E-state index contributed by atoms with van der Waals surface area (Å²) in [6.07, 6.45) is 1.41. The molecule has 3 rings (SSSR count). The highest BCUT2D eigenvalue weighted by atomic mass is 35.5. The van der Waals surface area contributed by atoms with Crippen LogP contribution in [0.1, 0.15) is 0 Å². The van der Waals surface area contributed by atoms with E-state index < -0.39 is 17.5 Å². The first kappa shape index (κ1) is 17.3. The summed E-state index contributed by atoms with van der Waals surface area (Å²) in [5, 5.41) is 6.22. The molecule has 0 saturated heterocycles. The van der Waals surface area contributed by atoms with Gasteiger partial charge in [0, 0.05) is 11.9 Å². The number of halogens is 5. The third kappa shape index (κ3) is 3.94. The number of anilines is 4. The van der Waals surface area contributed by atoms with Crippen LogP contribution in [-0.2, 0) is 0 Å². The van der Waals surface area contributed by atoms with E-state index in [1.807, 2.05) is 0 Å². The standard InChI is InChI=1S/C16H9Cl2F3N4/c17-9-2-1-8(7-10(9)18)23-16-22-6-5-13(25-16)24-12-4-3-11(19)14(20)15(12)21/h1-7H,(H2,22,23,24,25). The monoisotopic (exact) mass is 384 g/mol. The SMILES string of the molecule is Fc1ccc(Nc2ccnc(Nc3ccc(Cl)c(Cl)c3)n2)c(F)c1F. The molecule has 0 aliphatic heterocycles. The van der Waals surface area contributed by atoms with Crippen LogP contribution < -0.4 is 10.6 Å². The minimum atomic E-state index is -1.56. The average Bonchev–Trinajstić information content (AvgIpc) is 2.59. The first-order valence-electron chi connectivity index (χ1n) is 6.89. The maximum atomic E-state index is 13.7. The molecule has 0 unspecified atom stereocenters. The zero-order chi connectivity index (χ0) is 18.0. The summed E-state index contributed by atoms with van der Waals surface area (Å²) in [7, 11) is 0. The number of nitrogens with zero attached hydrogens (tertiary/aromatic N) is 2. The summed E-state index contributed by atoms with van der Waals surface area (Å²) in [6, 6.07) is 8.19. The second kappa shape index (κ2) is 7.16. The molecule has 1 heterocycles. The van der Waals surface area contributed by atoms with Gasteiger partial charge in [0.2, 0.25) is 5.95 Å². The van der Waals surface area contributed by atoms with Crippen LogP contribution in [0.15, 0.2) is 42.6 Å². The highest BCUT2D eigenvalue weighted by Crippen LogP contribution is 2.27. The largest absolute Gasteiger partial charge is 0.338 e. The Kier molecular flexibility index (Phi) is 4.96. The van der Waals surface area contributed by atoms with E-state index in [0.29, 0.717) is 15.7 Å². The van der Waals surface area contributed by atoms with E-state index in [1.165, 1.54) is 12.3 Å². The summed E-state index contributed by atoms with van der Waals surface area (Å²) in [6.45, 7) is 0. The van der Waals surface area contributed by atoms with Gasteiger partial charge in [0.25, 0.3) is 0 Å². The Morgan fingerprint density at radius 3 is 2.40 bits per heavy atom. The van der Waals surface area contributed by atoms with Crippen LogP contribution in [0.2, 0.25) is 10.0 Å². The van der Waals surface area contributed by atoms with Crippen molar-refractivity contribution >= 4 is 46.3 Å². The van der Waals surface area contributed by atoms with Crippen LogP contribution in [0, 0.1) is 17.5 Å². The zero-order valence-electron chi connectivity index (χ0n) is 12.3. The molecule has 9 heteroatoms. The Hall–Kier alpha value is -2.51. The lowest BCUT2D eigenvalue weighted by atomic mass is 10.3. The number of hydrogen-bond donors (Lipinski definition) is 2. The lowest BCUT2D eigenvalue weighted by molar-refractivity contribution is 0.449. The lowest BCUT2D eigenvalue weighted by Crippen LogP contribution is -2.03. The lowest BCUT2D eigenvalue weighted by Gasteiger charge is -2.10. The molecule has 0 saturated carbocycles. The van der Waals surface area contributed by atoms with Crippen LogP contribution in [0.25, 0.3) is 0 Å². The summed E-state index contributed by atoms with van der Waals surface area (Å²) >= 11 is 11.8. The minimum Gasteiger partial charge on any atom is -0.338 e. The van der Waals surface area contributed by atoms with Crippen LogP contribution in [0.3, 0.4) is 0 Å². The fraction of sp³-hybridized carbons (Fsp3) is 0. The average molecular weight is 385 g/mol. The Balaban J connectivity index is 1.82. The predicted octanol–water partition coefficient (Wildman–Crippen LogP) is 5.69. The summed E-state index contributed by atoms with van der Waals surface area (Å²) < 4.78 is 40.0. The molecule has 2 N–H and O–H groups in total. The second-order valence-electron chi connectivity index (χ2n) is 4.87. The molecule has 0 bridgehead atoms. The molecule has 0 radical (unpaired) electrons. The van der Waals surface area contributed by atoms with Gasteiger partial charge in [-0.25, -0.2) is 18.2 Å². The van der Waals surface area contributed by atoms with E-state index >= 15 is 0 Å². The number of nitrogens with one attached hydrogen (secondary N) is 2. The van der Waals surface area contributed by atoms with Crippen LogP contribution in [-0.4, -0.2) is 9.97 Å². The van der Waals surface area contributed by atoms with Crippen LogP contribution >= 0.6 is 23.2 Å². The van der Waals surface area contributed by atoms with Crippen molar-refractivity contribution in [3.8, 4) is 0 Å². The molecule has 2 aromatic carbocycles. The number of rotatable bonds is 4. The second-order valence-corrected chi connectivity index (χ2v) is 5.68. The fourth-order valence-corrected chi connectivity index (χ4v) is 2.25. The summed E-state index contributed by atoms with van der Waals surface area (Å²) in [4.78, 5) is 8.13. The van der Waals surface area contributed by atoms with Crippen molar-refractivity contribution in [3.63, 3.8) is 0 Å². The third-order valence-electron chi connectivity index (χ3n) is 3.13. The maximum absolute atomic E-state index is 13.7. The molecule has 0 aliphatic rings. The molecule has 0 amide bonds. The van der Waals surface area contributed by atoms with E-state index in [2.05, 4.69) is 20.6 Å². The molecule has 1 aromatic heterocycles. The van der Waals surface area contributed by atoms with Gasteiger partial charge in [0.15, 0.2) is 17.5 Å². The number of aromatic nitrogens is 2. The van der Waals surface area contributed by atoms with Crippen molar-refractivity contribution in [1.82, 2.24) is 9.97 Å². The third-order valence-corrected chi connectivity index (χ3v) is 3.87. The normalized spacial score (nSPS) is 10.6. The molecule has 4 nitrogen and oxygen atoms in total.